The zero-order chi connectivity index (χ0) is 10.1. The molecule has 1 aromatic heterocycles. The fourth-order valence-corrected chi connectivity index (χ4v) is 1.34. The van der Waals surface area contributed by atoms with Crippen LogP contribution in [0.4, 0.5) is 5.69 Å². The van der Waals surface area contributed by atoms with E-state index in [1.54, 1.807) is 10.7 Å². The molecule has 0 fully saturated rings. The van der Waals surface area contributed by atoms with Crippen LogP contribution in [0.1, 0.15) is 6.92 Å². The number of nitro groups is 1. The summed E-state index contributed by atoms with van der Waals surface area (Å²) in [4.78, 5) is 10.1. The van der Waals surface area contributed by atoms with E-state index in [1.165, 1.54) is 12.1 Å². The van der Waals surface area contributed by atoms with Gasteiger partial charge in [0, 0.05) is 30.3 Å². The van der Waals surface area contributed by atoms with Crippen molar-refractivity contribution < 1.29 is 4.92 Å². The van der Waals surface area contributed by atoms with Gasteiger partial charge in [0.1, 0.15) is 0 Å². The number of non-ortho nitro benzene ring substituents is 1. The van der Waals surface area contributed by atoms with Gasteiger partial charge in [0.2, 0.25) is 0 Å². The molecule has 2 aromatic rings. The van der Waals surface area contributed by atoms with Gasteiger partial charge >= 0.3 is 0 Å². The van der Waals surface area contributed by atoms with Crippen molar-refractivity contribution >= 4 is 16.6 Å². The van der Waals surface area contributed by atoms with Gasteiger partial charge in [-0.3, -0.25) is 14.8 Å². The van der Waals surface area contributed by atoms with Crippen LogP contribution in [-0.4, -0.2) is 14.7 Å². The Balaban J connectivity index is 2.59. The Morgan fingerprint density at radius 2 is 2.36 bits per heavy atom. The van der Waals surface area contributed by atoms with Gasteiger partial charge in [-0.2, -0.15) is 5.10 Å². The molecule has 0 bridgehead atoms. The minimum absolute atomic E-state index is 0.105. The minimum atomic E-state index is -0.400. The quantitative estimate of drug-likeness (QED) is 0.538. The maximum atomic E-state index is 10.5. The van der Waals surface area contributed by atoms with Gasteiger partial charge in [0.15, 0.2) is 0 Å². The Morgan fingerprint density at radius 3 is 3.00 bits per heavy atom. The molecule has 1 heterocycles. The predicted octanol–water partition coefficient (Wildman–Crippen LogP) is 1.96. The van der Waals surface area contributed by atoms with Crippen LogP contribution in [0.25, 0.3) is 10.9 Å². The van der Waals surface area contributed by atoms with Crippen molar-refractivity contribution in [1.82, 2.24) is 9.78 Å². The highest BCUT2D eigenvalue weighted by atomic mass is 16.6. The lowest BCUT2D eigenvalue weighted by Gasteiger charge is -1.89. The van der Waals surface area contributed by atoms with E-state index < -0.39 is 4.92 Å². The summed E-state index contributed by atoms with van der Waals surface area (Å²) in [5, 5.41) is 15.5. The van der Waals surface area contributed by atoms with Crippen molar-refractivity contribution in [1.29, 1.82) is 0 Å². The summed E-state index contributed by atoms with van der Waals surface area (Å²) in [5.41, 5.74) is 0.894. The Morgan fingerprint density at radius 1 is 1.57 bits per heavy atom. The normalized spacial score (nSPS) is 10.6. The number of fused-ring (bicyclic) bond motifs is 1. The second-order valence-corrected chi connectivity index (χ2v) is 2.99. The van der Waals surface area contributed by atoms with E-state index in [9.17, 15) is 10.1 Å². The van der Waals surface area contributed by atoms with Gasteiger partial charge in [0.25, 0.3) is 5.69 Å². The maximum absolute atomic E-state index is 10.5. The van der Waals surface area contributed by atoms with Gasteiger partial charge in [0.05, 0.1) is 10.4 Å². The highest BCUT2D eigenvalue weighted by Gasteiger charge is 2.07. The monoisotopic (exact) mass is 191 g/mol. The van der Waals surface area contributed by atoms with E-state index in [0.29, 0.717) is 0 Å². The third-order valence-corrected chi connectivity index (χ3v) is 2.07. The van der Waals surface area contributed by atoms with E-state index in [0.717, 1.165) is 17.4 Å². The molecule has 0 saturated heterocycles. The summed E-state index contributed by atoms with van der Waals surface area (Å²) in [7, 11) is 0. The number of aryl methyl sites for hydroxylation is 1. The zero-order valence-corrected chi connectivity index (χ0v) is 7.67. The number of aromatic nitrogens is 2. The molecule has 0 atom stereocenters. The predicted molar refractivity (Wildman–Crippen MR) is 52.1 cm³/mol. The molecule has 0 aliphatic heterocycles. The van der Waals surface area contributed by atoms with Gasteiger partial charge in [-0.1, -0.05) is 0 Å². The average Bonchev–Trinajstić information content (AvgIpc) is 2.58. The summed E-state index contributed by atoms with van der Waals surface area (Å²) in [5.74, 6) is 0. The summed E-state index contributed by atoms with van der Waals surface area (Å²) in [6, 6.07) is 4.67. The zero-order valence-electron chi connectivity index (χ0n) is 7.67. The Kier molecular flexibility index (Phi) is 1.92. The van der Waals surface area contributed by atoms with Gasteiger partial charge in [-0.05, 0) is 13.0 Å². The molecule has 5 heteroatoms. The number of rotatable bonds is 2. The number of nitro benzene ring substituents is 1. The number of nitrogens with zero attached hydrogens (tertiary/aromatic N) is 3. The Hall–Kier alpha value is -1.91. The van der Waals surface area contributed by atoms with Crippen molar-refractivity contribution in [3.63, 3.8) is 0 Å². The van der Waals surface area contributed by atoms with Crippen molar-refractivity contribution in [3.05, 3.63) is 34.5 Å². The van der Waals surface area contributed by atoms with Crippen LogP contribution in [0.3, 0.4) is 0 Å². The van der Waals surface area contributed by atoms with Crippen LogP contribution in [0.5, 0.6) is 0 Å². The van der Waals surface area contributed by atoms with Crippen LogP contribution in [-0.2, 0) is 6.54 Å². The standard InChI is InChI=1S/C9H9N3O2/c1-2-11-6-7-5-8(12(13)14)3-4-9(7)10-11/h3-6H,2H2,1H3. The molecule has 0 saturated carbocycles. The summed E-state index contributed by atoms with van der Waals surface area (Å²) < 4.78 is 1.76. The first-order chi connectivity index (χ1) is 6.70. The summed E-state index contributed by atoms with van der Waals surface area (Å²) in [6.07, 6.45) is 1.81. The average molecular weight is 191 g/mol. The topological polar surface area (TPSA) is 61.0 Å². The second-order valence-electron chi connectivity index (χ2n) is 2.99. The largest absolute Gasteiger partial charge is 0.272 e. The number of hydrogen-bond donors (Lipinski definition) is 0. The molecular weight excluding hydrogens is 182 g/mol. The van der Waals surface area contributed by atoms with Crippen LogP contribution < -0.4 is 0 Å². The molecule has 0 aliphatic rings. The van der Waals surface area contributed by atoms with Gasteiger partial charge in [-0.15, -0.1) is 0 Å². The third-order valence-electron chi connectivity index (χ3n) is 2.07. The van der Waals surface area contributed by atoms with Crippen molar-refractivity contribution in [3.8, 4) is 0 Å². The van der Waals surface area contributed by atoms with Crippen LogP contribution in [0.2, 0.25) is 0 Å². The van der Waals surface area contributed by atoms with Gasteiger partial charge in [-0.25, -0.2) is 0 Å². The Labute approximate surface area is 80.1 Å². The van der Waals surface area contributed by atoms with E-state index in [-0.39, 0.29) is 5.69 Å². The van der Waals surface area contributed by atoms with Crippen LogP contribution in [0, 0.1) is 10.1 Å². The lowest BCUT2D eigenvalue weighted by Crippen LogP contribution is -1.92. The fourth-order valence-electron chi connectivity index (χ4n) is 1.34. The Bertz CT molecular complexity index is 490. The number of hydrogen-bond acceptors (Lipinski definition) is 3. The molecule has 0 amide bonds. The third kappa shape index (κ3) is 1.32. The molecule has 0 radical (unpaired) electrons. The molecule has 0 N–H and O–H groups in total. The summed E-state index contributed by atoms with van der Waals surface area (Å²) >= 11 is 0. The lowest BCUT2D eigenvalue weighted by atomic mass is 10.2. The van der Waals surface area contributed by atoms with Crippen molar-refractivity contribution in [2.75, 3.05) is 0 Å². The first-order valence-electron chi connectivity index (χ1n) is 4.32. The van der Waals surface area contributed by atoms with Crippen LogP contribution >= 0.6 is 0 Å². The molecule has 1 aromatic carbocycles. The smallest absolute Gasteiger partial charge is 0.270 e. The maximum Gasteiger partial charge on any atom is 0.270 e. The molecule has 2 rings (SSSR count). The first-order valence-corrected chi connectivity index (χ1v) is 4.32. The minimum Gasteiger partial charge on any atom is -0.272 e. The van der Waals surface area contributed by atoms with E-state index in [1.807, 2.05) is 13.1 Å². The van der Waals surface area contributed by atoms with E-state index >= 15 is 0 Å². The highest BCUT2D eigenvalue weighted by molar-refractivity contribution is 5.80. The molecule has 14 heavy (non-hydrogen) atoms. The van der Waals surface area contributed by atoms with Crippen LogP contribution in [0.15, 0.2) is 24.4 Å². The van der Waals surface area contributed by atoms with E-state index in [4.69, 9.17) is 0 Å². The summed E-state index contributed by atoms with van der Waals surface area (Å²) in [6.45, 7) is 2.74. The second kappa shape index (κ2) is 3.10. The van der Waals surface area contributed by atoms with Crippen molar-refractivity contribution in [2.24, 2.45) is 0 Å². The van der Waals surface area contributed by atoms with Gasteiger partial charge < -0.3 is 0 Å². The first kappa shape index (κ1) is 8.68. The molecular formula is C9H9N3O2. The number of benzene rings is 1. The molecule has 0 spiro atoms. The lowest BCUT2D eigenvalue weighted by molar-refractivity contribution is -0.384. The molecule has 0 aliphatic carbocycles. The van der Waals surface area contributed by atoms with Crippen molar-refractivity contribution in [2.45, 2.75) is 13.5 Å². The molecule has 5 nitrogen and oxygen atoms in total. The molecule has 0 unspecified atom stereocenters. The highest BCUT2D eigenvalue weighted by Crippen LogP contribution is 2.19. The van der Waals surface area contributed by atoms with E-state index in [2.05, 4.69) is 5.10 Å². The fraction of sp³-hybridized carbons (Fsp3) is 0.222. The molecule has 72 valence electrons. The SMILES string of the molecule is CCn1cc2cc([N+](=O)[O-])ccc2n1.